The number of benzene rings is 2. The first-order valence-corrected chi connectivity index (χ1v) is 10.4. The van der Waals surface area contributed by atoms with Gasteiger partial charge in [-0.3, -0.25) is 4.90 Å². The fraction of sp³-hybridized carbons (Fsp3) is 0.333. The Hall–Kier alpha value is -2.54. The lowest BCUT2D eigenvalue weighted by atomic mass is 9.87. The standard InChI is InChI=1S/C21H25BrN6/c22-16-9-10-17(25-14-15-7-3-1-4-8-15)18(13-16)28-20(24)26-19(23)27-21(28)11-5-2-6-12-21/h1,3-4,7-10,13,25H,2,5-6,11-12,14H2,(H4,23,24,26,27). The summed E-state index contributed by atoms with van der Waals surface area (Å²) >= 11 is 3.61. The monoisotopic (exact) mass is 440 g/mol. The molecule has 6 nitrogen and oxygen atoms in total. The van der Waals surface area contributed by atoms with Gasteiger partial charge in [0, 0.05) is 11.0 Å². The van der Waals surface area contributed by atoms with Crippen LogP contribution in [0.4, 0.5) is 11.4 Å². The first kappa shape index (κ1) is 18.8. The Bertz CT molecular complexity index is 902. The number of rotatable bonds is 4. The van der Waals surface area contributed by atoms with Crippen LogP contribution in [0.2, 0.25) is 0 Å². The molecule has 28 heavy (non-hydrogen) atoms. The number of nitrogens with zero attached hydrogens (tertiary/aromatic N) is 3. The Balaban J connectivity index is 1.72. The van der Waals surface area contributed by atoms with Crippen molar-refractivity contribution in [1.82, 2.24) is 0 Å². The second-order valence-electron chi connectivity index (χ2n) is 7.32. The molecule has 7 heteroatoms. The minimum absolute atomic E-state index is 0.268. The Morgan fingerprint density at radius 3 is 2.54 bits per heavy atom. The van der Waals surface area contributed by atoms with E-state index in [9.17, 15) is 0 Å². The van der Waals surface area contributed by atoms with Crippen LogP contribution in [0.1, 0.15) is 37.7 Å². The fourth-order valence-electron chi connectivity index (χ4n) is 4.10. The van der Waals surface area contributed by atoms with Gasteiger partial charge in [0.1, 0.15) is 5.66 Å². The van der Waals surface area contributed by atoms with Gasteiger partial charge in [-0.2, -0.15) is 4.99 Å². The van der Waals surface area contributed by atoms with Crippen molar-refractivity contribution in [3.63, 3.8) is 0 Å². The molecule has 146 valence electrons. The molecule has 0 atom stereocenters. The molecule has 1 fully saturated rings. The molecule has 0 bridgehead atoms. The Labute approximate surface area is 173 Å². The second kappa shape index (κ2) is 7.83. The third-order valence-electron chi connectivity index (χ3n) is 5.38. The van der Waals surface area contributed by atoms with E-state index in [-0.39, 0.29) is 5.96 Å². The van der Waals surface area contributed by atoms with Crippen molar-refractivity contribution in [1.29, 1.82) is 0 Å². The highest BCUT2D eigenvalue weighted by molar-refractivity contribution is 9.10. The quantitative estimate of drug-likeness (QED) is 0.664. The lowest BCUT2D eigenvalue weighted by Crippen LogP contribution is -2.58. The largest absolute Gasteiger partial charge is 0.379 e. The van der Waals surface area contributed by atoms with Crippen molar-refractivity contribution in [3.05, 3.63) is 58.6 Å². The average Bonchev–Trinajstić information content (AvgIpc) is 2.68. The maximum Gasteiger partial charge on any atom is 0.220 e. The van der Waals surface area contributed by atoms with Gasteiger partial charge in [-0.05, 0) is 49.4 Å². The molecular formula is C21H25BrN6. The maximum atomic E-state index is 6.41. The van der Waals surface area contributed by atoms with E-state index in [2.05, 4.69) is 55.4 Å². The lowest BCUT2D eigenvalue weighted by molar-refractivity contribution is 0.305. The predicted octanol–water partition coefficient (Wildman–Crippen LogP) is 4.17. The summed E-state index contributed by atoms with van der Waals surface area (Å²) in [7, 11) is 0. The van der Waals surface area contributed by atoms with Gasteiger partial charge in [0.15, 0.2) is 0 Å². The average molecular weight is 441 g/mol. The van der Waals surface area contributed by atoms with E-state index >= 15 is 0 Å². The SMILES string of the molecule is NC1=NC2(CCCCC2)N(c2cc(Br)ccc2NCc2ccccc2)C(N)=N1. The molecule has 1 heterocycles. The van der Waals surface area contributed by atoms with Crippen LogP contribution >= 0.6 is 15.9 Å². The van der Waals surface area contributed by atoms with Gasteiger partial charge in [0.25, 0.3) is 0 Å². The number of anilines is 2. The van der Waals surface area contributed by atoms with E-state index in [0.29, 0.717) is 5.96 Å². The summed E-state index contributed by atoms with van der Waals surface area (Å²) in [5, 5.41) is 3.56. The van der Waals surface area contributed by atoms with Gasteiger partial charge < -0.3 is 16.8 Å². The molecule has 2 aromatic rings. The van der Waals surface area contributed by atoms with Gasteiger partial charge in [-0.1, -0.05) is 52.7 Å². The molecule has 2 aromatic carbocycles. The molecule has 0 saturated heterocycles. The molecule has 1 aliphatic heterocycles. The predicted molar refractivity (Wildman–Crippen MR) is 119 cm³/mol. The summed E-state index contributed by atoms with van der Waals surface area (Å²) in [5.74, 6) is 0.666. The third kappa shape index (κ3) is 3.71. The minimum Gasteiger partial charge on any atom is -0.379 e. The van der Waals surface area contributed by atoms with Crippen LogP contribution in [0.3, 0.4) is 0 Å². The van der Waals surface area contributed by atoms with Crippen molar-refractivity contribution >= 4 is 39.2 Å². The highest BCUT2D eigenvalue weighted by Gasteiger charge is 2.43. The Morgan fingerprint density at radius 1 is 1.04 bits per heavy atom. The van der Waals surface area contributed by atoms with Crippen LogP contribution in [0.25, 0.3) is 0 Å². The number of aliphatic imine (C=N–C) groups is 2. The van der Waals surface area contributed by atoms with Gasteiger partial charge >= 0.3 is 0 Å². The van der Waals surface area contributed by atoms with Crippen molar-refractivity contribution in [3.8, 4) is 0 Å². The molecule has 0 amide bonds. The van der Waals surface area contributed by atoms with Crippen LogP contribution < -0.4 is 21.7 Å². The molecule has 2 aliphatic rings. The summed E-state index contributed by atoms with van der Waals surface area (Å²) < 4.78 is 0.981. The number of hydrogen-bond acceptors (Lipinski definition) is 6. The van der Waals surface area contributed by atoms with Crippen LogP contribution in [0, 0.1) is 0 Å². The van der Waals surface area contributed by atoms with Crippen molar-refractivity contribution in [2.45, 2.75) is 44.3 Å². The molecular weight excluding hydrogens is 416 g/mol. The van der Waals surface area contributed by atoms with E-state index in [1.165, 1.54) is 12.0 Å². The summed E-state index contributed by atoms with van der Waals surface area (Å²) in [6, 6.07) is 16.5. The summed E-state index contributed by atoms with van der Waals surface area (Å²) in [6.07, 6.45) is 5.23. The zero-order valence-electron chi connectivity index (χ0n) is 15.7. The molecule has 0 aromatic heterocycles. The van der Waals surface area contributed by atoms with E-state index in [1.54, 1.807) is 0 Å². The van der Waals surface area contributed by atoms with E-state index in [1.807, 2.05) is 24.3 Å². The molecule has 0 radical (unpaired) electrons. The summed E-state index contributed by atoms with van der Waals surface area (Å²) in [6.45, 7) is 0.721. The van der Waals surface area contributed by atoms with Crippen LogP contribution in [0.5, 0.6) is 0 Å². The summed E-state index contributed by atoms with van der Waals surface area (Å²) in [4.78, 5) is 11.1. The maximum absolute atomic E-state index is 6.41. The number of guanidine groups is 2. The van der Waals surface area contributed by atoms with Crippen molar-refractivity contribution < 1.29 is 0 Å². The first-order valence-electron chi connectivity index (χ1n) is 9.64. The molecule has 1 spiro atoms. The number of hydrogen-bond donors (Lipinski definition) is 3. The molecule has 1 aliphatic carbocycles. The first-order chi connectivity index (χ1) is 13.6. The van der Waals surface area contributed by atoms with E-state index in [4.69, 9.17) is 16.5 Å². The van der Waals surface area contributed by atoms with Gasteiger partial charge in [-0.15, -0.1) is 0 Å². The summed E-state index contributed by atoms with van der Waals surface area (Å²) in [5.41, 5.74) is 15.1. The van der Waals surface area contributed by atoms with E-state index < -0.39 is 5.66 Å². The third-order valence-corrected chi connectivity index (χ3v) is 5.87. The highest BCUT2D eigenvalue weighted by Crippen LogP contribution is 2.42. The van der Waals surface area contributed by atoms with Crippen LogP contribution in [0.15, 0.2) is 63.0 Å². The molecule has 1 saturated carbocycles. The zero-order valence-corrected chi connectivity index (χ0v) is 17.3. The minimum atomic E-state index is -0.460. The molecule has 0 unspecified atom stereocenters. The smallest absolute Gasteiger partial charge is 0.220 e. The Morgan fingerprint density at radius 2 is 1.79 bits per heavy atom. The van der Waals surface area contributed by atoms with Crippen LogP contribution in [-0.4, -0.2) is 17.6 Å². The zero-order chi connectivity index (χ0) is 19.6. The number of nitrogens with one attached hydrogen (secondary N) is 1. The fourth-order valence-corrected chi connectivity index (χ4v) is 4.45. The van der Waals surface area contributed by atoms with Crippen molar-refractivity contribution in [2.75, 3.05) is 10.2 Å². The highest BCUT2D eigenvalue weighted by atomic mass is 79.9. The topological polar surface area (TPSA) is 92.0 Å². The normalized spacial score (nSPS) is 18.5. The lowest BCUT2D eigenvalue weighted by Gasteiger charge is -2.46. The number of halogens is 1. The van der Waals surface area contributed by atoms with Gasteiger partial charge in [0.05, 0.1) is 11.4 Å². The van der Waals surface area contributed by atoms with Crippen molar-refractivity contribution in [2.24, 2.45) is 21.5 Å². The van der Waals surface area contributed by atoms with Crippen LogP contribution in [-0.2, 0) is 6.54 Å². The molecule has 5 N–H and O–H groups in total. The van der Waals surface area contributed by atoms with Gasteiger partial charge in [0.2, 0.25) is 11.9 Å². The van der Waals surface area contributed by atoms with E-state index in [0.717, 1.165) is 48.1 Å². The van der Waals surface area contributed by atoms with Gasteiger partial charge in [-0.25, -0.2) is 4.99 Å². The number of nitrogens with two attached hydrogens (primary N) is 2. The Kier molecular flexibility index (Phi) is 5.26. The second-order valence-corrected chi connectivity index (χ2v) is 8.23. The molecule has 4 rings (SSSR count).